The van der Waals surface area contributed by atoms with Gasteiger partial charge in [0.1, 0.15) is 6.04 Å². The average Bonchev–Trinajstić information content (AvgIpc) is 1.67. The maximum absolute atomic E-state index is 13.7. The second kappa shape index (κ2) is 85.0. The summed E-state index contributed by atoms with van der Waals surface area (Å²) in [4.78, 5) is 88.0. The summed E-state index contributed by atoms with van der Waals surface area (Å²) in [6, 6.07) is 10.4. The Morgan fingerprint density at radius 2 is 0.771 bits per heavy atom. The highest BCUT2D eigenvalue weighted by molar-refractivity contribution is 6.40. The number of nitrogens with one attached hydrogen (secondary N) is 5. The number of amides is 5. The van der Waals surface area contributed by atoms with Crippen LogP contribution in [0.1, 0.15) is 274 Å². The minimum Gasteiger partial charge on any atom is -0.480 e. The average molecular weight is 1910 g/mol. The molecule has 131 heavy (non-hydrogen) atoms. The number of anilines is 1. The van der Waals surface area contributed by atoms with E-state index in [1.807, 2.05) is 0 Å². The molecule has 1 saturated carbocycles. The molecule has 0 radical (unpaired) electrons. The normalized spacial score (nSPS) is 13.2. The van der Waals surface area contributed by atoms with Gasteiger partial charge in [0.25, 0.3) is 5.91 Å². The van der Waals surface area contributed by atoms with Gasteiger partial charge in [-0.2, -0.15) is 13.2 Å². The molecule has 0 heterocycles. The van der Waals surface area contributed by atoms with Gasteiger partial charge in [-0.3, -0.25) is 24.0 Å². The van der Waals surface area contributed by atoms with Crippen LogP contribution >= 0.6 is 23.2 Å². The lowest BCUT2D eigenvalue weighted by Gasteiger charge is -2.29. The molecule has 0 bridgehead atoms. The van der Waals surface area contributed by atoms with Gasteiger partial charge in [0, 0.05) is 70.3 Å². The fourth-order valence-electron chi connectivity index (χ4n) is 14.5. The monoisotopic (exact) mass is 1910 g/mol. The van der Waals surface area contributed by atoms with Crippen LogP contribution in [0.4, 0.5) is 18.9 Å². The van der Waals surface area contributed by atoms with E-state index in [0.717, 1.165) is 51.7 Å². The van der Waals surface area contributed by atoms with Gasteiger partial charge < -0.3 is 108 Å². The summed E-state index contributed by atoms with van der Waals surface area (Å²) < 4.78 is 111. The van der Waals surface area contributed by atoms with E-state index < -0.39 is 35.5 Å². The topological polar surface area (TPSA) is 353 Å². The third-order valence-electron chi connectivity index (χ3n) is 22.2. The van der Waals surface area contributed by atoms with E-state index in [1.54, 1.807) is 42.5 Å². The van der Waals surface area contributed by atoms with Crippen LogP contribution in [0.5, 0.6) is 0 Å². The van der Waals surface area contributed by atoms with E-state index in [9.17, 15) is 47.0 Å². The molecule has 0 saturated heterocycles. The van der Waals surface area contributed by atoms with E-state index in [1.165, 1.54) is 167 Å². The van der Waals surface area contributed by atoms with E-state index in [0.29, 0.717) is 202 Å². The molecular formula is C97H167Cl2F3N6O23. The highest BCUT2D eigenvalue weighted by Gasteiger charge is 2.42. The fraction of sp³-hybridized carbons (Fsp3) is 0.804. The van der Waals surface area contributed by atoms with Crippen molar-refractivity contribution in [2.24, 2.45) is 5.41 Å². The number of halogens is 5. The molecule has 3 rings (SSSR count). The molecule has 1 aliphatic carbocycles. The fourth-order valence-corrected chi connectivity index (χ4v) is 15.1. The van der Waals surface area contributed by atoms with E-state index in [4.69, 9.17) is 99.4 Å². The van der Waals surface area contributed by atoms with Crippen LogP contribution in [-0.4, -0.2) is 293 Å². The lowest BCUT2D eigenvalue weighted by atomic mass is 9.81. The van der Waals surface area contributed by atoms with Gasteiger partial charge in [0.15, 0.2) is 0 Å². The lowest BCUT2D eigenvalue weighted by Crippen LogP contribution is -2.49. The van der Waals surface area contributed by atoms with Gasteiger partial charge >= 0.3 is 18.1 Å². The summed E-state index contributed by atoms with van der Waals surface area (Å²) in [6.45, 7) is 17.6. The van der Waals surface area contributed by atoms with Crippen molar-refractivity contribution < 1.29 is 123 Å². The molecule has 3 atom stereocenters. The van der Waals surface area contributed by atoms with E-state index >= 15 is 0 Å². The quantitative estimate of drug-likeness (QED) is 0.0302. The zero-order valence-electron chi connectivity index (χ0n) is 79.9. The lowest BCUT2D eigenvalue weighted by molar-refractivity contribution is -0.192. The number of benzene rings is 2. The van der Waals surface area contributed by atoms with Crippen molar-refractivity contribution in [1.82, 2.24) is 26.2 Å². The SMILES string of the molecule is CCCCCCCCCCCCCCCCOCC(CC(CCNC(=O)CCC(=O)NCCOCCOCCOCCOCCOCCOCCOCCOCCOCCOCCOCCOCCC(=O)NCCC1(C(=O)N[C@@H](Cc2ccc(NC(=O)c3c(Cl)cccc3Cl)cc2)C(=O)O)CCCC1)N(C)C)OCCCCCCCCCCCCCCCC.O=C(O)C(F)(F)F. The third-order valence-corrected chi connectivity index (χ3v) is 22.9. The number of unbranched alkanes of at least 4 members (excludes halogenated alkanes) is 26. The summed E-state index contributed by atoms with van der Waals surface area (Å²) >= 11 is 12.4. The van der Waals surface area contributed by atoms with Gasteiger partial charge in [0.05, 0.1) is 192 Å². The van der Waals surface area contributed by atoms with Crippen molar-refractivity contribution >= 4 is 70.4 Å². The van der Waals surface area contributed by atoms with Crippen LogP contribution in [0.25, 0.3) is 0 Å². The van der Waals surface area contributed by atoms with Crippen LogP contribution in [0.15, 0.2) is 42.5 Å². The number of aliphatic carboxylic acids is 2. The number of hydrogen-bond acceptors (Lipinski definition) is 22. The van der Waals surface area contributed by atoms with Gasteiger partial charge in [-0.15, -0.1) is 0 Å². The Bertz CT molecular complexity index is 3100. The minimum atomic E-state index is -5.08. The number of ether oxygens (including phenoxy) is 14. The predicted octanol–water partition coefficient (Wildman–Crippen LogP) is 16.7. The first-order valence-electron chi connectivity index (χ1n) is 48.9. The molecule has 7 N–H and O–H groups in total. The number of carbonyl (C=O) groups is 7. The standard InChI is InChI=1S/C95H166Cl2N6O21.C2HF3O2/c1-5-7-9-11-13-15-17-19-21-23-25-27-29-33-52-123-80-84(124-53-34-30-28-26-24-22-20-18-16-14-12-10-8-6-2)79-83(103(3)4)44-49-98-88(104)42-43-89(105)100-51-55-112-57-59-114-61-63-116-65-67-118-69-71-120-73-75-122-77-76-121-74-72-119-70-68-117-66-64-115-62-60-113-58-56-111-54-45-90(106)99-50-48-95(46-31-32-47-95)94(110)102-87(93(108)109)78-81-38-40-82(41-39-81)101-92(107)91-85(96)36-35-37-86(91)97;3-2(4,5)1(6)7/h35-41,83-84,87H,5-34,42-80H2,1-4H3,(H,98,104)(H,99,106)(H,100,105)(H,101,107)(H,102,110)(H,108,109);(H,6,7)/t83?,84?,87-;/m0./s1. The smallest absolute Gasteiger partial charge is 0.480 e. The molecule has 34 heteroatoms. The van der Waals surface area contributed by atoms with Crippen LogP contribution in [-0.2, 0) is 102 Å². The summed E-state index contributed by atoms with van der Waals surface area (Å²) in [7, 11) is 4.19. The molecule has 1 aliphatic rings. The van der Waals surface area contributed by atoms with Crippen molar-refractivity contribution in [3.63, 3.8) is 0 Å². The molecular weight excluding hydrogens is 1740 g/mol. The van der Waals surface area contributed by atoms with E-state index in [-0.39, 0.29) is 90.2 Å². The zero-order valence-corrected chi connectivity index (χ0v) is 81.4. The Labute approximate surface area is 790 Å². The molecule has 2 unspecified atom stereocenters. The van der Waals surface area contributed by atoms with E-state index in [2.05, 4.69) is 59.4 Å². The number of rotatable bonds is 91. The molecule has 5 amide bonds. The largest absolute Gasteiger partial charge is 0.490 e. The van der Waals surface area contributed by atoms with Crippen molar-refractivity contribution in [2.45, 2.75) is 289 Å². The first-order valence-corrected chi connectivity index (χ1v) is 49.6. The van der Waals surface area contributed by atoms with Gasteiger partial charge in [-0.25, -0.2) is 9.59 Å². The Morgan fingerprint density at radius 3 is 1.15 bits per heavy atom. The van der Waals surface area contributed by atoms with Crippen LogP contribution in [0, 0.1) is 5.41 Å². The summed E-state index contributed by atoms with van der Waals surface area (Å²) in [6.07, 6.45) is 37.6. The summed E-state index contributed by atoms with van der Waals surface area (Å²) in [5, 5.41) is 31.9. The molecule has 29 nitrogen and oxygen atoms in total. The Kier molecular flexibility index (Phi) is 78.8. The van der Waals surface area contributed by atoms with Crippen molar-refractivity contribution in [2.75, 3.05) is 217 Å². The number of carbonyl (C=O) groups excluding carboxylic acids is 5. The number of alkyl halides is 3. The number of hydrogen-bond donors (Lipinski definition) is 7. The molecule has 2 aromatic carbocycles. The minimum absolute atomic E-state index is 0.00131. The molecule has 0 aromatic heterocycles. The highest BCUT2D eigenvalue weighted by atomic mass is 35.5. The zero-order chi connectivity index (χ0) is 95.4. The van der Waals surface area contributed by atoms with Crippen LogP contribution in [0.2, 0.25) is 10.0 Å². The van der Waals surface area contributed by atoms with Gasteiger partial charge in [-0.1, -0.05) is 235 Å². The van der Waals surface area contributed by atoms with Crippen LogP contribution < -0.4 is 26.6 Å². The van der Waals surface area contributed by atoms with Gasteiger partial charge in [0.2, 0.25) is 23.6 Å². The Balaban J connectivity index is 0.00000794. The Hall–Kier alpha value is -5.50. The Morgan fingerprint density at radius 1 is 0.427 bits per heavy atom. The number of carboxylic acids is 2. The first kappa shape index (κ1) is 122. The van der Waals surface area contributed by atoms with Crippen LogP contribution in [0.3, 0.4) is 0 Å². The summed E-state index contributed by atoms with van der Waals surface area (Å²) in [5.41, 5.74) is 0.454. The van der Waals surface area contributed by atoms with Gasteiger partial charge in [-0.05, 0) is 88.9 Å². The highest BCUT2D eigenvalue weighted by Crippen LogP contribution is 2.41. The van der Waals surface area contributed by atoms with Crippen molar-refractivity contribution in [3.8, 4) is 0 Å². The third kappa shape index (κ3) is 70.8. The maximum Gasteiger partial charge on any atom is 0.490 e. The molecule has 758 valence electrons. The molecule has 0 aliphatic heterocycles. The first-order chi connectivity index (χ1) is 63.6. The second-order valence-corrected chi connectivity index (χ2v) is 34.2. The molecule has 2 aromatic rings. The molecule has 1 fully saturated rings. The van der Waals surface area contributed by atoms with Crippen molar-refractivity contribution in [1.29, 1.82) is 0 Å². The van der Waals surface area contributed by atoms with Crippen molar-refractivity contribution in [3.05, 3.63) is 63.6 Å². The number of nitrogens with zero attached hydrogens (tertiary/aromatic N) is 1. The number of carboxylic acid groups (broad SMARTS) is 2. The second-order valence-electron chi connectivity index (χ2n) is 33.4. The molecule has 0 spiro atoms. The maximum atomic E-state index is 13.7. The predicted molar refractivity (Wildman–Crippen MR) is 504 cm³/mol. The summed E-state index contributed by atoms with van der Waals surface area (Å²) in [5.74, 6) is -5.28.